The number of pyridine rings is 1. The molecule has 9 nitrogen and oxygen atoms in total. The Morgan fingerprint density at radius 2 is 1.63 bits per heavy atom. The van der Waals surface area contributed by atoms with Crippen LogP contribution in [0.15, 0.2) is 48.8 Å². The predicted molar refractivity (Wildman–Crippen MR) is 147 cm³/mol. The summed E-state index contributed by atoms with van der Waals surface area (Å²) < 4.78 is 39.1. The van der Waals surface area contributed by atoms with Gasteiger partial charge in [-0.15, -0.1) is 0 Å². The van der Waals surface area contributed by atoms with E-state index in [-0.39, 0.29) is 23.7 Å². The first-order valence-corrected chi connectivity index (χ1v) is 13.6. The Morgan fingerprint density at radius 1 is 0.927 bits per heavy atom. The molecule has 0 spiro atoms. The molecule has 4 heterocycles. The Balaban J connectivity index is 1.20. The second-order valence-electron chi connectivity index (χ2n) is 10.6. The average molecular weight is 569 g/mol. The first-order valence-electron chi connectivity index (χ1n) is 13.6. The molecule has 2 aromatic heterocycles. The van der Waals surface area contributed by atoms with Gasteiger partial charge in [0.1, 0.15) is 11.5 Å². The van der Waals surface area contributed by atoms with Gasteiger partial charge in [-0.1, -0.05) is 6.07 Å². The van der Waals surface area contributed by atoms with Crippen molar-refractivity contribution in [1.82, 2.24) is 19.9 Å². The van der Waals surface area contributed by atoms with Crippen molar-refractivity contribution in [3.05, 3.63) is 60.0 Å². The van der Waals surface area contributed by atoms with Gasteiger partial charge in [0, 0.05) is 55.7 Å². The number of anilines is 3. The zero-order valence-electron chi connectivity index (χ0n) is 22.6. The van der Waals surface area contributed by atoms with E-state index in [4.69, 9.17) is 0 Å². The molecule has 2 saturated heterocycles. The zero-order chi connectivity index (χ0) is 29.1. The van der Waals surface area contributed by atoms with Gasteiger partial charge in [0.05, 0.1) is 5.92 Å². The minimum absolute atomic E-state index is 0.0640. The van der Waals surface area contributed by atoms with Crippen LogP contribution in [0.5, 0.6) is 0 Å². The van der Waals surface area contributed by atoms with Gasteiger partial charge in [0.15, 0.2) is 0 Å². The van der Waals surface area contributed by atoms with E-state index in [0.717, 1.165) is 34.8 Å². The number of alkyl halides is 3. The highest BCUT2D eigenvalue weighted by Crippen LogP contribution is 2.31. The smallest absolute Gasteiger partial charge is 0.433 e. The number of amides is 1. The molecule has 0 aliphatic carbocycles. The van der Waals surface area contributed by atoms with Crippen molar-refractivity contribution < 1.29 is 27.9 Å². The number of carboxylic acid groups (broad SMARTS) is 1. The molecule has 0 radical (unpaired) electrons. The maximum atomic E-state index is 13.0. The van der Waals surface area contributed by atoms with Crippen molar-refractivity contribution in [1.29, 1.82) is 0 Å². The summed E-state index contributed by atoms with van der Waals surface area (Å²) in [5.41, 5.74) is 2.13. The molecule has 2 fully saturated rings. The molecule has 12 heteroatoms. The minimum atomic E-state index is -4.56. The molecule has 0 unspecified atom stereocenters. The number of likely N-dealkylation sites (tertiary alicyclic amines) is 1. The number of carbonyl (C=O) groups is 2. The average Bonchev–Trinajstić information content (AvgIpc) is 2.96. The molecule has 0 bridgehead atoms. The molecule has 3 aromatic rings. The Bertz CT molecular complexity index is 1400. The van der Waals surface area contributed by atoms with E-state index in [0.29, 0.717) is 57.5 Å². The number of benzene rings is 1. The standard InChI is InChI=1S/C29H31F3N6O3/c1-18-14-22(16-23(15-18)35-28-33-9-4-24(36-28)29(30,31)32)21-2-3-25(34-17-21)37-10-5-19(6-11-37)26(39)38-12-7-20(8-13-38)27(40)41/h2-4,9,14-17,19-20H,5-8,10-13H2,1H3,(H,40,41)(H,33,35,36). The quantitative estimate of drug-likeness (QED) is 0.420. The maximum Gasteiger partial charge on any atom is 0.433 e. The topological polar surface area (TPSA) is 112 Å². The summed E-state index contributed by atoms with van der Waals surface area (Å²) in [7, 11) is 0. The van der Waals surface area contributed by atoms with Gasteiger partial charge < -0.3 is 20.2 Å². The van der Waals surface area contributed by atoms with Crippen LogP contribution in [-0.4, -0.2) is 63.0 Å². The Labute approximate surface area is 235 Å². The van der Waals surface area contributed by atoms with Crippen molar-refractivity contribution in [2.24, 2.45) is 11.8 Å². The van der Waals surface area contributed by atoms with E-state index >= 15 is 0 Å². The highest BCUT2D eigenvalue weighted by molar-refractivity contribution is 5.80. The molecule has 2 aliphatic heterocycles. The number of carboxylic acids is 1. The van der Waals surface area contributed by atoms with Crippen LogP contribution in [0.3, 0.4) is 0 Å². The fraction of sp³-hybridized carbons (Fsp3) is 0.414. The number of aromatic nitrogens is 3. The number of rotatable bonds is 6. The minimum Gasteiger partial charge on any atom is -0.481 e. The normalized spacial score (nSPS) is 17.0. The summed E-state index contributed by atoms with van der Waals surface area (Å²) >= 11 is 0. The van der Waals surface area contributed by atoms with Gasteiger partial charge in [-0.05, 0) is 74.1 Å². The first kappa shape index (κ1) is 28.3. The highest BCUT2D eigenvalue weighted by atomic mass is 19.4. The van der Waals surface area contributed by atoms with Crippen LogP contribution in [0.4, 0.5) is 30.6 Å². The van der Waals surface area contributed by atoms with E-state index in [9.17, 15) is 27.9 Å². The van der Waals surface area contributed by atoms with Crippen LogP contribution in [0.1, 0.15) is 36.9 Å². The molecule has 1 amide bonds. The van der Waals surface area contributed by atoms with E-state index in [2.05, 4.69) is 25.2 Å². The fourth-order valence-electron chi connectivity index (χ4n) is 5.43. The largest absolute Gasteiger partial charge is 0.481 e. The molecular formula is C29H31F3N6O3. The summed E-state index contributed by atoms with van der Waals surface area (Å²) in [6, 6.07) is 10.3. The first-order chi connectivity index (χ1) is 19.6. The fourth-order valence-corrected chi connectivity index (χ4v) is 5.43. The van der Waals surface area contributed by atoms with Crippen LogP contribution < -0.4 is 10.2 Å². The van der Waals surface area contributed by atoms with Gasteiger partial charge in [-0.2, -0.15) is 13.2 Å². The van der Waals surface area contributed by atoms with Crippen LogP contribution in [0.2, 0.25) is 0 Å². The van der Waals surface area contributed by atoms with Crippen LogP contribution in [0, 0.1) is 18.8 Å². The summed E-state index contributed by atoms with van der Waals surface area (Å²) in [4.78, 5) is 40.3. The van der Waals surface area contributed by atoms with E-state index in [1.165, 1.54) is 0 Å². The molecule has 41 heavy (non-hydrogen) atoms. The van der Waals surface area contributed by atoms with Gasteiger partial charge in [0.25, 0.3) is 0 Å². The highest BCUT2D eigenvalue weighted by Gasteiger charge is 2.34. The lowest BCUT2D eigenvalue weighted by Gasteiger charge is -2.37. The summed E-state index contributed by atoms with van der Waals surface area (Å²) in [5, 5.41) is 12.1. The number of nitrogens with zero attached hydrogens (tertiary/aromatic N) is 5. The number of hydrogen-bond acceptors (Lipinski definition) is 7. The molecule has 1 aromatic carbocycles. The molecule has 0 atom stereocenters. The third-order valence-electron chi connectivity index (χ3n) is 7.68. The number of aryl methyl sites for hydroxylation is 1. The molecule has 2 N–H and O–H groups in total. The Morgan fingerprint density at radius 3 is 2.27 bits per heavy atom. The van der Waals surface area contributed by atoms with Gasteiger partial charge in [-0.3, -0.25) is 9.59 Å². The number of piperidine rings is 2. The van der Waals surface area contributed by atoms with Crippen molar-refractivity contribution in [2.45, 2.75) is 38.8 Å². The maximum absolute atomic E-state index is 13.0. The summed E-state index contributed by atoms with van der Waals surface area (Å²) in [6.07, 6.45) is 0.716. The number of hydrogen-bond donors (Lipinski definition) is 2. The third kappa shape index (κ3) is 6.75. The number of nitrogens with one attached hydrogen (secondary N) is 1. The second kappa shape index (κ2) is 11.7. The lowest BCUT2D eigenvalue weighted by Crippen LogP contribution is -2.46. The van der Waals surface area contributed by atoms with Crippen molar-refractivity contribution in [3.63, 3.8) is 0 Å². The van der Waals surface area contributed by atoms with Crippen LogP contribution in [-0.2, 0) is 15.8 Å². The molecule has 2 aliphatic rings. The van der Waals surface area contributed by atoms with Gasteiger partial charge in [-0.25, -0.2) is 15.0 Å². The number of halogens is 3. The van der Waals surface area contributed by atoms with Crippen LogP contribution >= 0.6 is 0 Å². The monoisotopic (exact) mass is 568 g/mol. The van der Waals surface area contributed by atoms with Gasteiger partial charge >= 0.3 is 12.1 Å². The van der Waals surface area contributed by atoms with E-state index in [1.54, 1.807) is 12.3 Å². The number of aliphatic carboxylic acids is 1. The third-order valence-corrected chi connectivity index (χ3v) is 7.68. The lowest BCUT2D eigenvalue weighted by molar-refractivity contribution is -0.147. The number of carbonyl (C=O) groups excluding carboxylic acids is 1. The van der Waals surface area contributed by atoms with Crippen molar-refractivity contribution >= 4 is 29.3 Å². The van der Waals surface area contributed by atoms with E-state index < -0.39 is 17.8 Å². The summed E-state index contributed by atoms with van der Waals surface area (Å²) in [6.45, 7) is 4.29. The zero-order valence-corrected chi connectivity index (χ0v) is 22.6. The van der Waals surface area contributed by atoms with Crippen molar-refractivity contribution in [2.75, 3.05) is 36.4 Å². The molecule has 216 valence electrons. The molecule has 5 rings (SSSR count). The Hall–Kier alpha value is -4.22. The lowest BCUT2D eigenvalue weighted by atomic mass is 9.92. The molecule has 0 saturated carbocycles. The Kier molecular flexibility index (Phi) is 8.09. The van der Waals surface area contributed by atoms with Crippen LogP contribution in [0.25, 0.3) is 11.1 Å². The predicted octanol–water partition coefficient (Wildman–Crippen LogP) is 5.15. The van der Waals surface area contributed by atoms with E-state index in [1.807, 2.05) is 36.1 Å². The van der Waals surface area contributed by atoms with Gasteiger partial charge in [0.2, 0.25) is 11.9 Å². The SMILES string of the molecule is Cc1cc(Nc2nccc(C(F)(F)F)n2)cc(-c2ccc(N3CCC(C(=O)N4CCC(C(=O)O)CC4)CC3)nc2)c1. The van der Waals surface area contributed by atoms with Crippen molar-refractivity contribution in [3.8, 4) is 11.1 Å². The second-order valence-corrected chi connectivity index (χ2v) is 10.6. The summed E-state index contributed by atoms with van der Waals surface area (Å²) in [5.74, 6) is -0.418. The molecular weight excluding hydrogens is 537 g/mol.